The highest BCUT2D eigenvalue weighted by Crippen LogP contribution is 2.09. The van der Waals surface area contributed by atoms with Gasteiger partial charge < -0.3 is 15.3 Å². The Morgan fingerprint density at radius 3 is 2.74 bits per heavy atom. The van der Waals surface area contributed by atoms with E-state index in [1.165, 1.54) is 0 Å². The van der Waals surface area contributed by atoms with E-state index in [2.05, 4.69) is 35.9 Å². The molecule has 19 heavy (non-hydrogen) atoms. The lowest BCUT2D eigenvalue weighted by atomic mass is 10.2. The smallest absolute Gasteiger partial charge is 0.151 e. The van der Waals surface area contributed by atoms with E-state index in [0.717, 1.165) is 24.6 Å². The van der Waals surface area contributed by atoms with Crippen molar-refractivity contribution in [2.45, 2.75) is 20.4 Å². The third-order valence-electron chi connectivity index (χ3n) is 2.61. The predicted octanol–water partition coefficient (Wildman–Crippen LogP) is 1.21. The number of aliphatic hydroxyl groups excluding tert-OH is 1. The maximum atomic E-state index is 9.01. The fourth-order valence-corrected chi connectivity index (χ4v) is 1.68. The summed E-state index contributed by atoms with van der Waals surface area (Å²) < 4.78 is 0. The molecule has 0 aliphatic rings. The van der Waals surface area contributed by atoms with Gasteiger partial charge in [-0.15, -0.1) is 11.7 Å². The van der Waals surface area contributed by atoms with Crippen LogP contribution in [0.2, 0.25) is 0 Å². The SMILES string of the molecule is C=CCN(CCO)c1ccc(CNCC(C)C)nn1. The van der Waals surface area contributed by atoms with Crippen LogP contribution in [-0.2, 0) is 6.54 Å². The minimum atomic E-state index is 0.0905. The molecule has 0 spiro atoms. The third kappa shape index (κ3) is 5.81. The van der Waals surface area contributed by atoms with Gasteiger partial charge in [0.15, 0.2) is 5.82 Å². The Morgan fingerprint density at radius 2 is 2.21 bits per heavy atom. The van der Waals surface area contributed by atoms with Crippen LogP contribution in [-0.4, -0.2) is 41.5 Å². The fraction of sp³-hybridized carbons (Fsp3) is 0.571. The standard InChI is InChI=1S/C14H24N4O/c1-4-7-18(8-9-19)14-6-5-13(16-17-14)11-15-10-12(2)3/h4-6,12,15,19H,1,7-11H2,2-3H3. The Morgan fingerprint density at radius 1 is 1.42 bits per heavy atom. The Balaban J connectivity index is 2.55. The molecule has 2 N–H and O–H groups in total. The van der Waals surface area contributed by atoms with Gasteiger partial charge in [-0.25, -0.2) is 0 Å². The third-order valence-corrected chi connectivity index (χ3v) is 2.61. The summed E-state index contributed by atoms with van der Waals surface area (Å²) in [5, 5.41) is 20.7. The molecular weight excluding hydrogens is 240 g/mol. The molecule has 0 saturated heterocycles. The van der Waals surface area contributed by atoms with Gasteiger partial charge in [0, 0.05) is 19.6 Å². The molecule has 1 aromatic rings. The second kappa shape index (κ2) is 8.61. The average Bonchev–Trinajstić information content (AvgIpc) is 2.39. The highest BCUT2D eigenvalue weighted by Gasteiger charge is 2.06. The van der Waals surface area contributed by atoms with E-state index in [4.69, 9.17) is 5.11 Å². The van der Waals surface area contributed by atoms with E-state index >= 15 is 0 Å². The van der Waals surface area contributed by atoms with Crippen molar-refractivity contribution in [1.82, 2.24) is 15.5 Å². The molecule has 0 fully saturated rings. The first kappa shape index (κ1) is 15.6. The van der Waals surface area contributed by atoms with Crippen molar-refractivity contribution in [2.24, 2.45) is 5.92 Å². The maximum Gasteiger partial charge on any atom is 0.151 e. The van der Waals surface area contributed by atoms with Crippen LogP contribution in [0.25, 0.3) is 0 Å². The first-order valence-corrected chi connectivity index (χ1v) is 6.67. The number of hydrogen-bond donors (Lipinski definition) is 2. The number of nitrogens with one attached hydrogen (secondary N) is 1. The maximum absolute atomic E-state index is 9.01. The molecule has 0 saturated carbocycles. The molecule has 0 aromatic carbocycles. The van der Waals surface area contributed by atoms with Crippen LogP contribution >= 0.6 is 0 Å². The minimum absolute atomic E-state index is 0.0905. The second-order valence-electron chi connectivity index (χ2n) is 4.87. The molecule has 0 radical (unpaired) electrons. The van der Waals surface area contributed by atoms with Gasteiger partial charge in [0.2, 0.25) is 0 Å². The zero-order valence-electron chi connectivity index (χ0n) is 11.8. The van der Waals surface area contributed by atoms with Crippen molar-refractivity contribution in [1.29, 1.82) is 0 Å². The van der Waals surface area contributed by atoms with E-state index in [9.17, 15) is 0 Å². The predicted molar refractivity (Wildman–Crippen MR) is 78.1 cm³/mol. The average molecular weight is 264 g/mol. The molecule has 0 aliphatic heterocycles. The van der Waals surface area contributed by atoms with Crippen molar-refractivity contribution < 1.29 is 5.11 Å². The Kier molecular flexibility index (Phi) is 7.07. The summed E-state index contributed by atoms with van der Waals surface area (Å²) in [6.45, 7) is 11.0. The van der Waals surface area contributed by atoms with Gasteiger partial charge in [-0.05, 0) is 24.6 Å². The number of aliphatic hydroxyl groups is 1. The number of anilines is 1. The summed E-state index contributed by atoms with van der Waals surface area (Å²) >= 11 is 0. The van der Waals surface area contributed by atoms with Crippen LogP contribution < -0.4 is 10.2 Å². The molecule has 0 aliphatic carbocycles. The molecule has 0 atom stereocenters. The summed E-state index contributed by atoms with van der Waals surface area (Å²) in [4.78, 5) is 1.94. The fourth-order valence-electron chi connectivity index (χ4n) is 1.68. The van der Waals surface area contributed by atoms with Gasteiger partial charge >= 0.3 is 0 Å². The van der Waals surface area contributed by atoms with E-state index in [1.54, 1.807) is 6.08 Å². The van der Waals surface area contributed by atoms with Crippen LogP contribution in [0, 0.1) is 5.92 Å². The molecule has 106 valence electrons. The quantitative estimate of drug-likeness (QED) is 0.656. The largest absolute Gasteiger partial charge is 0.395 e. The topological polar surface area (TPSA) is 61.3 Å². The monoisotopic (exact) mass is 264 g/mol. The molecule has 1 rings (SSSR count). The summed E-state index contributed by atoms with van der Waals surface area (Å²) in [6.07, 6.45) is 1.79. The number of hydrogen-bond acceptors (Lipinski definition) is 5. The van der Waals surface area contributed by atoms with Gasteiger partial charge in [-0.2, -0.15) is 5.10 Å². The molecule has 0 amide bonds. The van der Waals surface area contributed by atoms with Crippen molar-refractivity contribution in [3.05, 3.63) is 30.5 Å². The highest BCUT2D eigenvalue weighted by molar-refractivity contribution is 5.38. The molecule has 5 heteroatoms. The lowest BCUT2D eigenvalue weighted by Gasteiger charge is -2.20. The Bertz CT molecular complexity index is 364. The summed E-state index contributed by atoms with van der Waals surface area (Å²) in [5.74, 6) is 1.39. The zero-order chi connectivity index (χ0) is 14.1. The van der Waals surface area contributed by atoms with Crippen molar-refractivity contribution in [2.75, 3.05) is 31.1 Å². The number of aromatic nitrogens is 2. The molecular formula is C14H24N4O. The summed E-state index contributed by atoms with van der Waals surface area (Å²) in [6, 6.07) is 3.89. The van der Waals surface area contributed by atoms with Crippen LogP contribution in [0.15, 0.2) is 24.8 Å². The lowest BCUT2D eigenvalue weighted by molar-refractivity contribution is 0.302. The number of rotatable bonds is 9. The summed E-state index contributed by atoms with van der Waals surface area (Å²) in [7, 11) is 0. The van der Waals surface area contributed by atoms with E-state index in [-0.39, 0.29) is 6.61 Å². The molecule has 5 nitrogen and oxygen atoms in total. The van der Waals surface area contributed by atoms with E-state index in [0.29, 0.717) is 19.0 Å². The van der Waals surface area contributed by atoms with E-state index in [1.807, 2.05) is 17.0 Å². The second-order valence-corrected chi connectivity index (χ2v) is 4.87. The van der Waals surface area contributed by atoms with Crippen LogP contribution in [0.5, 0.6) is 0 Å². The first-order valence-electron chi connectivity index (χ1n) is 6.67. The van der Waals surface area contributed by atoms with Gasteiger partial charge in [-0.1, -0.05) is 19.9 Å². The molecule has 0 unspecified atom stereocenters. The van der Waals surface area contributed by atoms with Crippen LogP contribution in [0.4, 0.5) is 5.82 Å². The van der Waals surface area contributed by atoms with Gasteiger partial charge in [0.25, 0.3) is 0 Å². The van der Waals surface area contributed by atoms with Crippen molar-refractivity contribution >= 4 is 5.82 Å². The lowest BCUT2D eigenvalue weighted by Crippen LogP contribution is -2.28. The van der Waals surface area contributed by atoms with Crippen LogP contribution in [0.3, 0.4) is 0 Å². The zero-order valence-corrected chi connectivity index (χ0v) is 11.8. The normalized spacial score (nSPS) is 10.7. The molecule has 0 bridgehead atoms. The van der Waals surface area contributed by atoms with Crippen molar-refractivity contribution in [3.8, 4) is 0 Å². The summed E-state index contributed by atoms with van der Waals surface area (Å²) in [5.41, 5.74) is 0.923. The Labute approximate surface area is 115 Å². The van der Waals surface area contributed by atoms with Crippen LogP contribution in [0.1, 0.15) is 19.5 Å². The van der Waals surface area contributed by atoms with Gasteiger partial charge in [0.1, 0.15) is 0 Å². The number of nitrogens with zero attached hydrogens (tertiary/aromatic N) is 3. The minimum Gasteiger partial charge on any atom is -0.395 e. The van der Waals surface area contributed by atoms with Gasteiger partial charge in [-0.3, -0.25) is 0 Å². The van der Waals surface area contributed by atoms with Gasteiger partial charge in [0.05, 0.1) is 12.3 Å². The highest BCUT2D eigenvalue weighted by atomic mass is 16.3. The molecule has 1 aromatic heterocycles. The van der Waals surface area contributed by atoms with Crippen molar-refractivity contribution in [3.63, 3.8) is 0 Å². The van der Waals surface area contributed by atoms with E-state index < -0.39 is 0 Å². The Hall–Kier alpha value is -1.46. The first-order chi connectivity index (χ1) is 9.17. The molecule has 1 heterocycles.